The number of ether oxygens (including phenoxy) is 3. The van der Waals surface area contributed by atoms with Crippen molar-refractivity contribution in [3.63, 3.8) is 0 Å². The molecule has 2 aliphatic heterocycles. The summed E-state index contributed by atoms with van der Waals surface area (Å²) in [5.41, 5.74) is 3.70. The molecule has 2 aliphatic carbocycles. The van der Waals surface area contributed by atoms with E-state index >= 15 is 0 Å². The lowest BCUT2D eigenvalue weighted by Crippen LogP contribution is -2.66. The van der Waals surface area contributed by atoms with Crippen LogP contribution in [0, 0.1) is 30.0 Å². The summed E-state index contributed by atoms with van der Waals surface area (Å²) in [6.07, 6.45) is 6.92. The monoisotopic (exact) mass is 636 g/mol. The van der Waals surface area contributed by atoms with Gasteiger partial charge in [-0.25, -0.2) is 4.39 Å². The number of methoxy groups -OCH3 is 2. The Labute approximate surface area is 269 Å². The summed E-state index contributed by atoms with van der Waals surface area (Å²) in [4.78, 5) is 14.2. The van der Waals surface area contributed by atoms with Crippen LogP contribution in [-0.4, -0.2) is 77.3 Å². The lowest BCUT2D eigenvalue weighted by molar-refractivity contribution is -0.282. The van der Waals surface area contributed by atoms with Crippen molar-refractivity contribution in [2.75, 3.05) is 45.3 Å². The molecule has 240 valence electrons. The van der Waals surface area contributed by atoms with E-state index < -0.39 is 5.79 Å². The number of anilines is 1. The average molecular weight is 637 g/mol. The van der Waals surface area contributed by atoms with Crippen molar-refractivity contribution in [1.29, 1.82) is 0 Å². The summed E-state index contributed by atoms with van der Waals surface area (Å²) in [5, 5.41) is 8.41. The van der Waals surface area contributed by atoms with Crippen molar-refractivity contribution < 1.29 is 18.6 Å². The minimum atomic E-state index is -0.431. The Kier molecular flexibility index (Phi) is 7.99. The standard InChI is InChI=1S/C34H42ClFN6O3/c1-20(2)29(23-14-34(15-23,43-4)44-5)42-18-33(19-42)10-11-41(17-33)30-31(39-40-32(35)38-30)45-27-9-8-24(36)13-26(27)28-25(22-6-7-22)12-21(3)16-37-28/h8-9,12-13,16,20,22-23,29H,6-7,10-11,14-15,17-19H2,1-5H3/t29-/m0/s1. The molecule has 7 rings (SSSR count). The quantitative estimate of drug-likeness (QED) is 0.227. The fourth-order valence-corrected chi connectivity index (χ4v) is 8.14. The van der Waals surface area contributed by atoms with Gasteiger partial charge in [0.1, 0.15) is 11.6 Å². The molecular weight excluding hydrogens is 595 g/mol. The van der Waals surface area contributed by atoms with E-state index in [2.05, 4.69) is 44.9 Å². The van der Waals surface area contributed by atoms with Crippen molar-refractivity contribution in [2.45, 2.75) is 70.6 Å². The molecule has 2 saturated carbocycles. The Morgan fingerprint density at radius 3 is 2.49 bits per heavy atom. The predicted octanol–water partition coefficient (Wildman–Crippen LogP) is 6.64. The number of halogens is 2. The number of hydrogen-bond acceptors (Lipinski definition) is 9. The molecule has 4 aliphatic rings. The molecular formula is C34H42ClFN6O3. The Bertz CT molecular complexity index is 1570. The largest absolute Gasteiger partial charge is 0.434 e. The highest BCUT2D eigenvalue weighted by molar-refractivity contribution is 6.28. The third-order valence-corrected chi connectivity index (χ3v) is 10.5. The average Bonchev–Trinajstić information content (AvgIpc) is 3.74. The van der Waals surface area contributed by atoms with Crippen molar-refractivity contribution in [3.8, 4) is 22.9 Å². The third kappa shape index (κ3) is 5.79. The van der Waals surface area contributed by atoms with Crippen LogP contribution in [0.2, 0.25) is 5.28 Å². The fourth-order valence-electron chi connectivity index (χ4n) is 8.03. The van der Waals surface area contributed by atoms with Gasteiger partial charge in [-0.3, -0.25) is 9.88 Å². The Morgan fingerprint density at radius 2 is 1.80 bits per heavy atom. The Morgan fingerprint density at radius 1 is 1.04 bits per heavy atom. The normalized spacial score (nSPS) is 21.6. The van der Waals surface area contributed by atoms with Crippen LogP contribution in [0.1, 0.15) is 63.0 Å². The van der Waals surface area contributed by atoms with Gasteiger partial charge in [0.15, 0.2) is 11.6 Å². The van der Waals surface area contributed by atoms with Gasteiger partial charge >= 0.3 is 0 Å². The molecule has 4 heterocycles. The van der Waals surface area contributed by atoms with E-state index in [9.17, 15) is 4.39 Å². The predicted molar refractivity (Wildman–Crippen MR) is 170 cm³/mol. The van der Waals surface area contributed by atoms with Crippen LogP contribution in [0.5, 0.6) is 11.6 Å². The lowest BCUT2D eigenvalue weighted by Gasteiger charge is -2.58. The summed E-state index contributed by atoms with van der Waals surface area (Å²) in [5.74, 6) is 2.01. The van der Waals surface area contributed by atoms with Gasteiger partial charge in [-0.05, 0) is 84.9 Å². The SMILES string of the molecule is COC1(OC)CC([C@H](C(C)C)N2CC3(CCN(c4nc(Cl)nnc4Oc4ccc(F)cc4-c4ncc(C)cc4C4CC4)C3)C2)C1. The highest BCUT2D eigenvalue weighted by Crippen LogP contribution is 2.51. The summed E-state index contributed by atoms with van der Waals surface area (Å²) in [6, 6.07) is 7.15. The minimum absolute atomic E-state index is 0.0636. The van der Waals surface area contributed by atoms with Crippen molar-refractivity contribution in [3.05, 3.63) is 52.7 Å². The molecule has 1 spiro atoms. The molecule has 2 aromatic heterocycles. The van der Waals surface area contributed by atoms with Gasteiger partial charge < -0.3 is 19.1 Å². The maximum Gasteiger partial charge on any atom is 0.282 e. The Hall–Kier alpha value is -2.92. The number of aryl methyl sites for hydroxylation is 1. The topological polar surface area (TPSA) is 85.7 Å². The summed E-state index contributed by atoms with van der Waals surface area (Å²) < 4.78 is 32.4. The maximum atomic E-state index is 14.6. The molecule has 0 N–H and O–H groups in total. The maximum absolute atomic E-state index is 14.6. The van der Waals surface area contributed by atoms with E-state index in [0.29, 0.717) is 40.9 Å². The van der Waals surface area contributed by atoms with Crippen molar-refractivity contribution in [2.24, 2.45) is 17.3 Å². The second kappa shape index (κ2) is 11.7. The highest BCUT2D eigenvalue weighted by Gasteiger charge is 2.56. The molecule has 11 heteroatoms. The van der Waals surface area contributed by atoms with Gasteiger partial charge in [0.25, 0.3) is 5.88 Å². The highest BCUT2D eigenvalue weighted by atomic mass is 35.5. The molecule has 3 aromatic rings. The van der Waals surface area contributed by atoms with Crippen LogP contribution in [-0.2, 0) is 9.47 Å². The van der Waals surface area contributed by atoms with Crippen molar-refractivity contribution in [1.82, 2.24) is 25.1 Å². The molecule has 45 heavy (non-hydrogen) atoms. The zero-order valence-corrected chi connectivity index (χ0v) is 27.5. The first-order valence-electron chi connectivity index (χ1n) is 16.1. The van der Waals surface area contributed by atoms with Gasteiger partial charge in [0.05, 0.1) is 5.69 Å². The van der Waals surface area contributed by atoms with E-state index in [1.54, 1.807) is 20.3 Å². The number of aromatic nitrogens is 4. The van der Waals surface area contributed by atoms with E-state index in [1.165, 1.54) is 12.1 Å². The zero-order chi connectivity index (χ0) is 31.5. The van der Waals surface area contributed by atoms with E-state index in [1.807, 2.05) is 13.1 Å². The lowest BCUT2D eigenvalue weighted by atomic mass is 9.67. The minimum Gasteiger partial charge on any atom is -0.434 e. The van der Waals surface area contributed by atoms with Gasteiger partial charge in [-0.15, -0.1) is 10.2 Å². The number of likely N-dealkylation sites (tertiary alicyclic amines) is 1. The molecule has 1 atom stereocenters. The first-order chi connectivity index (χ1) is 21.6. The summed E-state index contributed by atoms with van der Waals surface area (Å²) >= 11 is 6.29. The van der Waals surface area contributed by atoms with Crippen LogP contribution in [0.25, 0.3) is 11.3 Å². The van der Waals surface area contributed by atoms with E-state index in [0.717, 1.165) is 75.1 Å². The van der Waals surface area contributed by atoms with Crippen LogP contribution < -0.4 is 9.64 Å². The Balaban J connectivity index is 1.10. The van der Waals surface area contributed by atoms with Crippen LogP contribution in [0.15, 0.2) is 30.5 Å². The van der Waals surface area contributed by atoms with Gasteiger partial charge in [-0.2, -0.15) is 4.98 Å². The second-order valence-corrected chi connectivity index (χ2v) is 14.3. The number of hydrogen-bond donors (Lipinski definition) is 0. The zero-order valence-electron chi connectivity index (χ0n) is 26.7. The van der Waals surface area contributed by atoms with Crippen molar-refractivity contribution >= 4 is 17.4 Å². The van der Waals surface area contributed by atoms with Crippen LogP contribution in [0.4, 0.5) is 10.2 Å². The molecule has 0 unspecified atom stereocenters. The number of benzene rings is 1. The number of nitrogens with zero attached hydrogens (tertiary/aromatic N) is 6. The van der Waals surface area contributed by atoms with E-state index in [-0.39, 0.29) is 22.4 Å². The molecule has 4 fully saturated rings. The van der Waals surface area contributed by atoms with Crippen LogP contribution in [0.3, 0.4) is 0 Å². The first kappa shape index (κ1) is 30.7. The third-order valence-electron chi connectivity index (χ3n) is 10.4. The fraction of sp³-hybridized carbons (Fsp3) is 0.588. The molecule has 9 nitrogen and oxygen atoms in total. The molecule has 0 bridgehead atoms. The first-order valence-corrected chi connectivity index (χ1v) is 16.4. The molecule has 2 saturated heterocycles. The number of rotatable bonds is 10. The van der Waals surface area contributed by atoms with Gasteiger partial charge in [-0.1, -0.05) is 19.9 Å². The van der Waals surface area contributed by atoms with Crippen LogP contribution >= 0.6 is 11.6 Å². The molecule has 0 radical (unpaired) electrons. The summed E-state index contributed by atoms with van der Waals surface area (Å²) in [6.45, 7) is 10.4. The van der Waals surface area contributed by atoms with Gasteiger partial charge in [0.2, 0.25) is 5.28 Å². The molecule has 0 amide bonds. The van der Waals surface area contributed by atoms with E-state index in [4.69, 9.17) is 30.8 Å². The smallest absolute Gasteiger partial charge is 0.282 e. The summed E-state index contributed by atoms with van der Waals surface area (Å²) in [7, 11) is 3.48. The van der Waals surface area contributed by atoms with Gasteiger partial charge in [0, 0.05) is 76.5 Å². The second-order valence-electron chi connectivity index (χ2n) is 14.0. The number of pyridine rings is 1. The molecule has 1 aromatic carbocycles.